The maximum Gasteiger partial charge on any atom is 0.107 e. The van der Waals surface area contributed by atoms with Crippen LogP contribution in [0.5, 0.6) is 0 Å². The monoisotopic (exact) mass is 331 g/mol. The van der Waals surface area contributed by atoms with E-state index in [2.05, 4.69) is 31.8 Å². The van der Waals surface area contributed by atoms with Crippen molar-refractivity contribution in [2.75, 3.05) is 6.54 Å². The molecule has 3 nitrogen and oxygen atoms in total. The zero-order valence-electron chi connectivity index (χ0n) is 14.1. The minimum atomic E-state index is 0.515. The van der Waals surface area contributed by atoms with Crippen molar-refractivity contribution in [1.29, 1.82) is 0 Å². The summed E-state index contributed by atoms with van der Waals surface area (Å²) in [5.41, 5.74) is 9.44. The number of H-pyrrole nitrogens is 1. The van der Waals surface area contributed by atoms with Gasteiger partial charge in [-0.1, -0.05) is 37.1 Å². The quantitative estimate of drug-likeness (QED) is 0.806. The number of nitrogens with zero attached hydrogens (tertiary/aromatic N) is 1. The summed E-state index contributed by atoms with van der Waals surface area (Å²) in [5, 5.41) is 0.743. The maximum absolute atomic E-state index is 6.06. The third-order valence-corrected chi connectivity index (χ3v) is 5.52. The Labute approximate surface area is 143 Å². The van der Waals surface area contributed by atoms with Crippen molar-refractivity contribution < 1.29 is 0 Å². The van der Waals surface area contributed by atoms with Gasteiger partial charge in [0, 0.05) is 11.4 Å². The van der Waals surface area contributed by atoms with Gasteiger partial charge in [-0.15, -0.1) is 0 Å². The number of rotatable bonds is 4. The fraction of sp³-hybridized carbons (Fsp3) is 0.526. The Balaban J connectivity index is 1.83. The molecular weight excluding hydrogens is 306 g/mol. The molecule has 0 bridgehead atoms. The average molecular weight is 332 g/mol. The van der Waals surface area contributed by atoms with Gasteiger partial charge in [0.15, 0.2) is 0 Å². The number of fused-ring (bicyclic) bond motifs is 1. The molecule has 1 aliphatic rings. The highest BCUT2D eigenvalue weighted by Crippen LogP contribution is 2.38. The SMILES string of the molecule is CC1=CC(CN)C(C(C)C)CC1Cc1nc2ccc(Cl)cc2[nH]1. The van der Waals surface area contributed by atoms with Gasteiger partial charge >= 0.3 is 0 Å². The van der Waals surface area contributed by atoms with Crippen LogP contribution in [0, 0.1) is 23.7 Å². The van der Waals surface area contributed by atoms with Crippen LogP contribution in [0.2, 0.25) is 5.02 Å². The minimum Gasteiger partial charge on any atom is -0.342 e. The van der Waals surface area contributed by atoms with E-state index in [4.69, 9.17) is 22.3 Å². The van der Waals surface area contributed by atoms with Crippen molar-refractivity contribution in [3.05, 3.63) is 40.7 Å². The highest BCUT2D eigenvalue weighted by molar-refractivity contribution is 6.31. The molecule has 0 radical (unpaired) electrons. The third-order valence-electron chi connectivity index (χ3n) is 5.29. The lowest BCUT2D eigenvalue weighted by molar-refractivity contribution is 0.230. The molecule has 3 unspecified atom stereocenters. The summed E-state index contributed by atoms with van der Waals surface area (Å²) in [6.45, 7) is 7.60. The first kappa shape index (κ1) is 16.5. The first-order valence-electron chi connectivity index (χ1n) is 8.50. The number of halogens is 1. The summed E-state index contributed by atoms with van der Waals surface area (Å²) >= 11 is 6.06. The van der Waals surface area contributed by atoms with Crippen molar-refractivity contribution in [2.24, 2.45) is 29.4 Å². The van der Waals surface area contributed by atoms with Crippen molar-refractivity contribution in [2.45, 2.75) is 33.6 Å². The first-order valence-corrected chi connectivity index (χ1v) is 8.88. The van der Waals surface area contributed by atoms with E-state index in [1.165, 1.54) is 12.0 Å². The minimum absolute atomic E-state index is 0.515. The van der Waals surface area contributed by atoms with Gasteiger partial charge < -0.3 is 10.7 Å². The topological polar surface area (TPSA) is 54.7 Å². The smallest absolute Gasteiger partial charge is 0.107 e. The lowest BCUT2D eigenvalue weighted by Gasteiger charge is -2.36. The zero-order chi connectivity index (χ0) is 16.6. The summed E-state index contributed by atoms with van der Waals surface area (Å²) in [6.07, 6.45) is 4.55. The van der Waals surface area contributed by atoms with Crippen LogP contribution in [0.4, 0.5) is 0 Å². The highest BCUT2D eigenvalue weighted by atomic mass is 35.5. The van der Waals surface area contributed by atoms with Gasteiger partial charge in [-0.3, -0.25) is 0 Å². The van der Waals surface area contributed by atoms with E-state index in [0.29, 0.717) is 23.7 Å². The zero-order valence-corrected chi connectivity index (χ0v) is 14.9. The molecule has 2 aromatic rings. The normalized spacial score (nSPS) is 25.1. The van der Waals surface area contributed by atoms with E-state index in [-0.39, 0.29) is 0 Å². The van der Waals surface area contributed by atoms with E-state index in [9.17, 15) is 0 Å². The molecule has 0 fully saturated rings. The summed E-state index contributed by atoms with van der Waals surface area (Å²) in [7, 11) is 0. The Hall–Kier alpha value is -1.32. The first-order chi connectivity index (χ1) is 11.0. The third kappa shape index (κ3) is 3.46. The van der Waals surface area contributed by atoms with E-state index < -0.39 is 0 Å². The molecular formula is C19H26ClN3. The lowest BCUT2D eigenvalue weighted by Crippen LogP contribution is -2.32. The largest absolute Gasteiger partial charge is 0.342 e. The summed E-state index contributed by atoms with van der Waals surface area (Å²) in [5.74, 6) is 3.42. The van der Waals surface area contributed by atoms with E-state index in [1.54, 1.807) is 0 Å². The number of nitrogens with one attached hydrogen (secondary N) is 1. The summed E-state index contributed by atoms with van der Waals surface area (Å²) in [6, 6.07) is 5.81. The number of allylic oxidation sites excluding steroid dienone is 1. The Kier molecular flexibility index (Phi) is 4.79. The molecule has 1 heterocycles. The number of aromatic amines is 1. The molecule has 0 saturated heterocycles. The van der Waals surface area contributed by atoms with Gasteiger partial charge in [0.05, 0.1) is 11.0 Å². The molecule has 0 saturated carbocycles. The number of imidazole rings is 1. The predicted octanol–water partition coefficient (Wildman–Crippen LogP) is 4.57. The number of hydrogen-bond acceptors (Lipinski definition) is 2. The van der Waals surface area contributed by atoms with Gasteiger partial charge in [0.25, 0.3) is 0 Å². The van der Waals surface area contributed by atoms with E-state index in [1.807, 2.05) is 18.2 Å². The van der Waals surface area contributed by atoms with Crippen LogP contribution in [-0.2, 0) is 6.42 Å². The fourth-order valence-electron chi connectivity index (χ4n) is 3.91. The van der Waals surface area contributed by atoms with Crippen molar-refractivity contribution in [3.8, 4) is 0 Å². The van der Waals surface area contributed by atoms with Crippen LogP contribution in [0.1, 0.15) is 33.0 Å². The summed E-state index contributed by atoms with van der Waals surface area (Å²) < 4.78 is 0. The Morgan fingerprint density at radius 1 is 1.39 bits per heavy atom. The van der Waals surface area contributed by atoms with Crippen LogP contribution in [0.15, 0.2) is 29.8 Å². The molecule has 0 aliphatic heterocycles. The second-order valence-electron chi connectivity index (χ2n) is 7.20. The number of nitrogens with two attached hydrogens (primary N) is 1. The molecule has 3 rings (SSSR count). The van der Waals surface area contributed by atoms with E-state index >= 15 is 0 Å². The van der Waals surface area contributed by atoms with Crippen molar-refractivity contribution in [1.82, 2.24) is 9.97 Å². The summed E-state index contributed by atoms with van der Waals surface area (Å²) in [4.78, 5) is 8.15. The second kappa shape index (κ2) is 6.66. The Morgan fingerprint density at radius 2 is 2.17 bits per heavy atom. The molecule has 0 amide bonds. The number of hydrogen-bond donors (Lipinski definition) is 2. The molecule has 4 heteroatoms. The van der Waals surface area contributed by atoms with Crippen LogP contribution in [0.3, 0.4) is 0 Å². The molecule has 124 valence electrons. The lowest BCUT2D eigenvalue weighted by atomic mass is 9.70. The number of benzene rings is 1. The van der Waals surface area contributed by atoms with Crippen LogP contribution in [0.25, 0.3) is 11.0 Å². The fourth-order valence-corrected chi connectivity index (χ4v) is 4.08. The standard InChI is InChI=1S/C19H26ClN3/c1-11(2)16-7-13(12(3)6-14(16)10-21)8-19-22-17-5-4-15(20)9-18(17)23-19/h4-6,9,11,13-14,16H,7-8,10,21H2,1-3H3,(H,22,23). The van der Waals surface area contributed by atoms with Gasteiger partial charge in [-0.05, 0) is 61.8 Å². The Morgan fingerprint density at radius 3 is 2.87 bits per heavy atom. The molecule has 1 aromatic carbocycles. The van der Waals surface area contributed by atoms with E-state index in [0.717, 1.165) is 34.8 Å². The maximum atomic E-state index is 6.06. The van der Waals surface area contributed by atoms with Gasteiger partial charge in [0.1, 0.15) is 5.82 Å². The molecule has 23 heavy (non-hydrogen) atoms. The molecule has 1 aromatic heterocycles. The molecule has 1 aliphatic carbocycles. The van der Waals surface area contributed by atoms with Crippen LogP contribution in [-0.4, -0.2) is 16.5 Å². The van der Waals surface area contributed by atoms with Gasteiger partial charge in [-0.25, -0.2) is 4.98 Å². The second-order valence-corrected chi connectivity index (χ2v) is 7.64. The van der Waals surface area contributed by atoms with Crippen molar-refractivity contribution in [3.63, 3.8) is 0 Å². The predicted molar refractivity (Wildman–Crippen MR) is 97.5 cm³/mol. The Bertz CT molecular complexity index is 716. The average Bonchev–Trinajstić information content (AvgIpc) is 2.90. The molecule has 3 N–H and O–H groups in total. The molecule has 0 spiro atoms. The highest BCUT2D eigenvalue weighted by Gasteiger charge is 2.31. The van der Waals surface area contributed by atoms with Crippen LogP contribution >= 0.6 is 11.6 Å². The van der Waals surface area contributed by atoms with Gasteiger partial charge in [0.2, 0.25) is 0 Å². The molecule has 3 atom stereocenters. The van der Waals surface area contributed by atoms with Gasteiger partial charge in [-0.2, -0.15) is 0 Å². The van der Waals surface area contributed by atoms with Crippen molar-refractivity contribution >= 4 is 22.6 Å². The number of aromatic nitrogens is 2. The van der Waals surface area contributed by atoms with Crippen LogP contribution < -0.4 is 5.73 Å².